The van der Waals surface area contributed by atoms with Gasteiger partial charge < -0.3 is 4.74 Å². The molecule has 0 unspecified atom stereocenters. The number of hydrogen-bond donors (Lipinski definition) is 0. The first kappa shape index (κ1) is 12.9. The van der Waals surface area contributed by atoms with Gasteiger partial charge in [-0.1, -0.05) is 37.6 Å². The second kappa shape index (κ2) is 5.49. The maximum atomic E-state index is 13.3. The van der Waals surface area contributed by atoms with Crippen LogP contribution in [0.1, 0.15) is 19.8 Å². The third kappa shape index (κ3) is 2.46. The van der Waals surface area contributed by atoms with Crippen LogP contribution in [0.25, 0.3) is 21.5 Å². The molecule has 0 aromatic heterocycles. The molecule has 0 saturated heterocycles. The van der Waals surface area contributed by atoms with Crippen molar-refractivity contribution in [3.05, 3.63) is 54.3 Å². The van der Waals surface area contributed by atoms with Crippen molar-refractivity contribution in [2.45, 2.75) is 19.8 Å². The van der Waals surface area contributed by atoms with Gasteiger partial charge in [-0.05, 0) is 52.2 Å². The zero-order chi connectivity index (χ0) is 13.9. The first-order valence-electron chi connectivity index (χ1n) is 7.03. The predicted molar refractivity (Wildman–Crippen MR) is 81.8 cm³/mol. The first-order valence-corrected chi connectivity index (χ1v) is 7.03. The van der Waals surface area contributed by atoms with Gasteiger partial charge >= 0.3 is 0 Å². The average Bonchev–Trinajstić information content (AvgIpc) is 2.47. The molecule has 0 aliphatic heterocycles. The molecule has 0 atom stereocenters. The van der Waals surface area contributed by atoms with E-state index in [-0.39, 0.29) is 5.82 Å². The van der Waals surface area contributed by atoms with Crippen molar-refractivity contribution < 1.29 is 9.13 Å². The fourth-order valence-electron chi connectivity index (χ4n) is 2.44. The van der Waals surface area contributed by atoms with Crippen LogP contribution >= 0.6 is 0 Å². The number of hydrogen-bond acceptors (Lipinski definition) is 1. The van der Waals surface area contributed by atoms with Crippen LogP contribution in [0.5, 0.6) is 5.75 Å². The largest absolute Gasteiger partial charge is 0.494 e. The van der Waals surface area contributed by atoms with Gasteiger partial charge in [0, 0.05) is 0 Å². The van der Waals surface area contributed by atoms with E-state index in [4.69, 9.17) is 4.74 Å². The Bertz CT molecular complexity index is 749. The lowest BCUT2D eigenvalue weighted by Crippen LogP contribution is -1.96. The molecule has 2 heteroatoms. The summed E-state index contributed by atoms with van der Waals surface area (Å²) < 4.78 is 19.0. The van der Waals surface area contributed by atoms with Crippen LogP contribution in [0.4, 0.5) is 4.39 Å². The number of unbranched alkanes of at least 4 members (excludes halogenated alkanes) is 1. The van der Waals surface area contributed by atoms with E-state index < -0.39 is 0 Å². The normalized spacial score (nSPS) is 11.1. The lowest BCUT2D eigenvalue weighted by molar-refractivity contribution is 0.310. The summed E-state index contributed by atoms with van der Waals surface area (Å²) in [4.78, 5) is 0. The van der Waals surface area contributed by atoms with Crippen LogP contribution in [0.3, 0.4) is 0 Å². The molecule has 0 aliphatic carbocycles. The summed E-state index contributed by atoms with van der Waals surface area (Å²) in [6, 6.07) is 15.0. The molecular weight excluding hydrogens is 251 g/mol. The van der Waals surface area contributed by atoms with E-state index in [0.29, 0.717) is 0 Å². The minimum Gasteiger partial charge on any atom is -0.494 e. The van der Waals surface area contributed by atoms with Crippen molar-refractivity contribution >= 4 is 21.5 Å². The molecule has 102 valence electrons. The summed E-state index contributed by atoms with van der Waals surface area (Å²) in [5.74, 6) is 0.698. The summed E-state index contributed by atoms with van der Waals surface area (Å²) in [5.41, 5.74) is 0. The molecule has 3 aromatic carbocycles. The van der Waals surface area contributed by atoms with Gasteiger partial charge in [-0.25, -0.2) is 4.39 Å². The Kier molecular flexibility index (Phi) is 3.55. The zero-order valence-electron chi connectivity index (χ0n) is 11.5. The summed E-state index contributed by atoms with van der Waals surface area (Å²) in [7, 11) is 0. The molecule has 0 saturated carbocycles. The molecule has 0 aliphatic rings. The van der Waals surface area contributed by atoms with Crippen molar-refractivity contribution in [2.75, 3.05) is 6.61 Å². The Morgan fingerprint density at radius 1 is 0.900 bits per heavy atom. The summed E-state index contributed by atoms with van der Waals surface area (Å²) in [6.07, 6.45) is 2.19. The highest BCUT2D eigenvalue weighted by Gasteiger charge is 2.03. The molecule has 20 heavy (non-hydrogen) atoms. The number of benzene rings is 3. The van der Waals surface area contributed by atoms with Gasteiger partial charge in [0.15, 0.2) is 0 Å². The highest BCUT2D eigenvalue weighted by atomic mass is 19.1. The van der Waals surface area contributed by atoms with Crippen molar-refractivity contribution in [1.29, 1.82) is 0 Å². The fourth-order valence-corrected chi connectivity index (χ4v) is 2.44. The van der Waals surface area contributed by atoms with Crippen molar-refractivity contribution in [3.63, 3.8) is 0 Å². The van der Waals surface area contributed by atoms with Crippen LogP contribution in [0, 0.1) is 5.82 Å². The van der Waals surface area contributed by atoms with E-state index in [2.05, 4.69) is 13.0 Å². The van der Waals surface area contributed by atoms with E-state index >= 15 is 0 Å². The Balaban J connectivity index is 2.03. The molecule has 0 heterocycles. The van der Waals surface area contributed by atoms with E-state index in [1.165, 1.54) is 6.07 Å². The smallest absolute Gasteiger partial charge is 0.123 e. The molecule has 3 aromatic rings. The van der Waals surface area contributed by atoms with Crippen molar-refractivity contribution in [3.8, 4) is 5.75 Å². The third-order valence-corrected chi connectivity index (χ3v) is 3.54. The van der Waals surface area contributed by atoms with Crippen LogP contribution in [0.2, 0.25) is 0 Å². The zero-order valence-corrected chi connectivity index (χ0v) is 11.5. The molecular formula is C18H17FO. The number of halogens is 1. The monoisotopic (exact) mass is 268 g/mol. The quantitative estimate of drug-likeness (QED) is 0.460. The maximum absolute atomic E-state index is 13.3. The minimum absolute atomic E-state index is 0.198. The fraction of sp³-hybridized carbons (Fsp3) is 0.222. The highest BCUT2D eigenvalue weighted by molar-refractivity contribution is 6.07. The topological polar surface area (TPSA) is 9.23 Å². The predicted octanol–water partition coefficient (Wildman–Crippen LogP) is 5.31. The van der Waals surface area contributed by atoms with Crippen LogP contribution in [-0.2, 0) is 0 Å². The van der Waals surface area contributed by atoms with Gasteiger partial charge in [0.1, 0.15) is 11.6 Å². The molecule has 0 fully saturated rings. The Labute approximate surface area is 118 Å². The highest BCUT2D eigenvalue weighted by Crippen LogP contribution is 2.28. The second-order valence-electron chi connectivity index (χ2n) is 5.02. The SMILES string of the molecule is CCCCOc1ccc2c(ccc3cc(F)ccc32)c1. The van der Waals surface area contributed by atoms with E-state index in [0.717, 1.165) is 46.7 Å². The first-order chi connectivity index (χ1) is 9.78. The van der Waals surface area contributed by atoms with Crippen LogP contribution < -0.4 is 4.74 Å². The Morgan fingerprint density at radius 3 is 2.35 bits per heavy atom. The minimum atomic E-state index is -0.198. The number of fused-ring (bicyclic) bond motifs is 3. The molecule has 0 spiro atoms. The van der Waals surface area contributed by atoms with Crippen molar-refractivity contribution in [1.82, 2.24) is 0 Å². The average molecular weight is 268 g/mol. The van der Waals surface area contributed by atoms with Gasteiger partial charge in [0.05, 0.1) is 6.61 Å². The van der Waals surface area contributed by atoms with Gasteiger partial charge in [-0.15, -0.1) is 0 Å². The van der Waals surface area contributed by atoms with Crippen LogP contribution in [0.15, 0.2) is 48.5 Å². The van der Waals surface area contributed by atoms with E-state index in [1.54, 1.807) is 6.07 Å². The lowest BCUT2D eigenvalue weighted by Gasteiger charge is -2.08. The lowest BCUT2D eigenvalue weighted by atomic mass is 10.0. The summed E-state index contributed by atoms with van der Waals surface area (Å²) in [5, 5.41) is 4.25. The number of rotatable bonds is 4. The summed E-state index contributed by atoms with van der Waals surface area (Å²) >= 11 is 0. The maximum Gasteiger partial charge on any atom is 0.123 e. The summed E-state index contributed by atoms with van der Waals surface area (Å²) in [6.45, 7) is 2.90. The van der Waals surface area contributed by atoms with E-state index in [9.17, 15) is 4.39 Å². The molecule has 0 bridgehead atoms. The molecule has 0 N–H and O–H groups in total. The second-order valence-corrected chi connectivity index (χ2v) is 5.02. The van der Waals surface area contributed by atoms with Gasteiger partial charge in [-0.2, -0.15) is 0 Å². The molecule has 0 radical (unpaired) electrons. The molecule has 0 amide bonds. The molecule has 1 nitrogen and oxygen atoms in total. The van der Waals surface area contributed by atoms with Gasteiger partial charge in [0.2, 0.25) is 0 Å². The Hall–Kier alpha value is -2.09. The Morgan fingerprint density at radius 2 is 1.60 bits per heavy atom. The standard InChI is InChI=1S/C18H17FO/c1-2-3-10-20-16-7-9-18-14(12-16)5-4-13-11-15(19)6-8-17(13)18/h4-9,11-12H,2-3,10H2,1H3. The van der Waals surface area contributed by atoms with Gasteiger partial charge in [-0.3, -0.25) is 0 Å². The van der Waals surface area contributed by atoms with Crippen molar-refractivity contribution in [2.24, 2.45) is 0 Å². The van der Waals surface area contributed by atoms with Gasteiger partial charge in [0.25, 0.3) is 0 Å². The third-order valence-electron chi connectivity index (χ3n) is 3.54. The van der Waals surface area contributed by atoms with Crippen LogP contribution in [-0.4, -0.2) is 6.61 Å². The molecule has 3 rings (SSSR count). The van der Waals surface area contributed by atoms with E-state index in [1.807, 2.05) is 30.3 Å². The number of ether oxygens (including phenoxy) is 1.